The van der Waals surface area contributed by atoms with Crippen LogP contribution in [0.2, 0.25) is 0 Å². The minimum absolute atomic E-state index is 0.141. The molecule has 2 N–H and O–H groups in total. The third-order valence-corrected chi connectivity index (χ3v) is 3.04. The second kappa shape index (κ2) is 7.88. The summed E-state index contributed by atoms with van der Waals surface area (Å²) in [6.45, 7) is 6.35. The Morgan fingerprint density at radius 2 is 1.94 bits per heavy atom. The van der Waals surface area contributed by atoms with E-state index in [4.69, 9.17) is 5.73 Å². The Hall–Kier alpha value is -1.35. The third kappa shape index (κ3) is 3.84. The van der Waals surface area contributed by atoms with Crippen LogP contribution in [0.5, 0.6) is 0 Å². The van der Waals surface area contributed by atoms with Gasteiger partial charge in [-0.05, 0) is 37.4 Å². The molecule has 3 nitrogen and oxygen atoms in total. The van der Waals surface area contributed by atoms with Crippen molar-refractivity contribution in [2.24, 2.45) is 5.73 Å². The molecule has 0 unspecified atom stereocenters. The molecule has 0 bridgehead atoms. The van der Waals surface area contributed by atoms with Gasteiger partial charge in [-0.3, -0.25) is 4.79 Å². The maximum Gasteiger partial charge on any atom is 0.254 e. The van der Waals surface area contributed by atoms with Gasteiger partial charge in [-0.25, -0.2) is 0 Å². The molecule has 0 radical (unpaired) electrons. The fraction of sp³-hybridized carbons (Fsp3) is 0.533. The van der Waals surface area contributed by atoms with Gasteiger partial charge in [0.25, 0.3) is 5.91 Å². The van der Waals surface area contributed by atoms with Crippen molar-refractivity contribution in [1.82, 2.24) is 4.90 Å². The summed E-state index contributed by atoms with van der Waals surface area (Å²) in [5.41, 5.74) is 7.49. The molecule has 1 aromatic rings. The van der Waals surface area contributed by atoms with Gasteiger partial charge in [0.1, 0.15) is 0 Å². The molecule has 0 heterocycles. The van der Waals surface area contributed by atoms with Gasteiger partial charge in [0.05, 0.1) is 0 Å². The number of amides is 1. The number of benzene rings is 1. The molecule has 0 saturated carbocycles. The van der Waals surface area contributed by atoms with E-state index in [0.717, 1.165) is 43.5 Å². The predicted octanol–water partition coefficient (Wildman–Crippen LogP) is 2.45. The zero-order chi connectivity index (χ0) is 13.4. The van der Waals surface area contributed by atoms with Crippen LogP contribution in [0, 0.1) is 0 Å². The Morgan fingerprint density at radius 1 is 1.22 bits per heavy atom. The van der Waals surface area contributed by atoms with Crippen LogP contribution in [-0.4, -0.2) is 30.4 Å². The van der Waals surface area contributed by atoms with E-state index in [2.05, 4.69) is 13.8 Å². The standard InChI is InChI=1S/C15H24N2O/c1-3-11-17(12-7-10-16)15(18)14-9-6-5-8-13(14)4-2/h5-6,8-9H,3-4,7,10-12,16H2,1-2H3. The SMILES string of the molecule is CCCN(CCCN)C(=O)c1ccccc1CC. The first kappa shape index (κ1) is 14.7. The van der Waals surface area contributed by atoms with Crippen LogP contribution < -0.4 is 5.73 Å². The van der Waals surface area contributed by atoms with Crippen molar-refractivity contribution in [3.63, 3.8) is 0 Å². The van der Waals surface area contributed by atoms with Gasteiger partial charge in [0.15, 0.2) is 0 Å². The highest BCUT2D eigenvalue weighted by Crippen LogP contribution is 2.13. The number of nitrogens with two attached hydrogens (primary N) is 1. The number of carbonyl (C=O) groups excluding carboxylic acids is 1. The zero-order valence-corrected chi connectivity index (χ0v) is 11.5. The van der Waals surface area contributed by atoms with Crippen molar-refractivity contribution in [2.45, 2.75) is 33.1 Å². The molecule has 0 aromatic heterocycles. The van der Waals surface area contributed by atoms with Crippen molar-refractivity contribution in [3.05, 3.63) is 35.4 Å². The summed E-state index contributed by atoms with van der Waals surface area (Å²) < 4.78 is 0. The fourth-order valence-corrected chi connectivity index (χ4v) is 2.07. The highest BCUT2D eigenvalue weighted by molar-refractivity contribution is 5.95. The monoisotopic (exact) mass is 248 g/mol. The number of hydrogen-bond acceptors (Lipinski definition) is 2. The van der Waals surface area contributed by atoms with Gasteiger partial charge < -0.3 is 10.6 Å². The number of aryl methyl sites for hydroxylation is 1. The van der Waals surface area contributed by atoms with E-state index in [1.165, 1.54) is 0 Å². The van der Waals surface area contributed by atoms with Gasteiger partial charge in [0, 0.05) is 18.7 Å². The lowest BCUT2D eigenvalue weighted by atomic mass is 10.0. The lowest BCUT2D eigenvalue weighted by Gasteiger charge is -2.23. The summed E-state index contributed by atoms with van der Waals surface area (Å²) in [7, 11) is 0. The van der Waals surface area contributed by atoms with E-state index in [-0.39, 0.29) is 5.91 Å². The predicted molar refractivity (Wildman–Crippen MR) is 75.7 cm³/mol. The second-order valence-corrected chi connectivity index (χ2v) is 4.45. The molecule has 0 spiro atoms. The summed E-state index contributed by atoms with van der Waals surface area (Å²) in [6, 6.07) is 7.87. The van der Waals surface area contributed by atoms with Crippen LogP contribution in [0.25, 0.3) is 0 Å². The topological polar surface area (TPSA) is 46.3 Å². The maximum absolute atomic E-state index is 12.5. The Morgan fingerprint density at radius 3 is 2.56 bits per heavy atom. The molecular formula is C15H24N2O. The van der Waals surface area contributed by atoms with Gasteiger partial charge >= 0.3 is 0 Å². The molecule has 0 aliphatic carbocycles. The molecule has 18 heavy (non-hydrogen) atoms. The molecule has 1 aromatic carbocycles. The maximum atomic E-state index is 12.5. The summed E-state index contributed by atoms with van der Waals surface area (Å²) in [5.74, 6) is 0.141. The van der Waals surface area contributed by atoms with E-state index >= 15 is 0 Å². The fourth-order valence-electron chi connectivity index (χ4n) is 2.07. The molecule has 1 rings (SSSR count). The van der Waals surface area contributed by atoms with E-state index < -0.39 is 0 Å². The van der Waals surface area contributed by atoms with Crippen LogP contribution >= 0.6 is 0 Å². The number of hydrogen-bond donors (Lipinski definition) is 1. The summed E-state index contributed by atoms with van der Waals surface area (Å²) in [5, 5.41) is 0. The molecule has 0 saturated heterocycles. The lowest BCUT2D eigenvalue weighted by molar-refractivity contribution is 0.0753. The molecule has 0 aliphatic heterocycles. The van der Waals surface area contributed by atoms with Crippen molar-refractivity contribution in [3.8, 4) is 0 Å². The van der Waals surface area contributed by atoms with Crippen LogP contribution in [0.3, 0.4) is 0 Å². The average Bonchev–Trinajstić information content (AvgIpc) is 2.42. The Kier molecular flexibility index (Phi) is 6.44. The summed E-state index contributed by atoms with van der Waals surface area (Å²) >= 11 is 0. The normalized spacial score (nSPS) is 10.4. The van der Waals surface area contributed by atoms with Gasteiger partial charge in [-0.2, -0.15) is 0 Å². The quantitative estimate of drug-likeness (QED) is 0.805. The molecule has 0 aliphatic rings. The lowest BCUT2D eigenvalue weighted by Crippen LogP contribution is -2.34. The van der Waals surface area contributed by atoms with E-state index in [9.17, 15) is 4.79 Å². The van der Waals surface area contributed by atoms with E-state index in [0.29, 0.717) is 6.54 Å². The van der Waals surface area contributed by atoms with Crippen LogP contribution in [0.4, 0.5) is 0 Å². The number of carbonyl (C=O) groups is 1. The van der Waals surface area contributed by atoms with Crippen LogP contribution in [0.15, 0.2) is 24.3 Å². The first-order valence-electron chi connectivity index (χ1n) is 6.81. The first-order chi connectivity index (χ1) is 8.74. The van der Waals surface area contributed by atoms with Gasteiger partial charge in [0.2, 0.25) is 0 Å². The highest BCUT2D eigenvalue weighted by Gasteiger charge is 2.16. The smallest absolute Gasteiger partial charge is 0.254 e. The van der Waals surface area contributed by atoms with Crippen molar-refractivity contribution < 1.29 is 4.79 Å². The third-order valence-electron chi connectivity index (χ3n) is 3.04. The van der Waals surface area contributed by atoms with Crippen LogP contribution in [0.1, 0.15) is 42.6 Å². The van der Waals surface area contributed by atoms with Gasteiger partial charge in [-0.15, -0.1) is 0 Å². The number of rotatable bonds is 7. The van der Waals surface area contributed by atoms with Crippen LogP contribution in [-0.2, 0) is 6.42 Å². The first-order valence-corrected chi connectivity index (χ1v) is 6.81. The summed E-state index contributed by atoms with van der Waals surface area (Å²) in [6.07, 6.45) is 2.73. The molecule has 100 valence electrons. The van der Waals surface area contributed by atoms with Crippen molar-refractivity contribution in [2.75, 3.05) is 19.6 Å². The Balaban J connectivity index is 2.86. The minimum Gasteiger partial charge on any atom is -0.339 e. The Bertz CT molecular complexity index is 377. The molecule has 0 atom stereocenters. The van der Waals surface area contributed by atoms with Crippen molar-refractivity contribution in [1.29, 1.82) is 0 Å². The average molecular weight is 248 g/mol. The second-order valence-electron chi connectivity index (χ2n) is 4.45. The largest absolute Gasteiger partial charge is 0.339 e. The highest BCUT2D eigenvalue weighted by atomic mass is 16.2. The molecule has 1 amide bonds. The van der Waals surface area contributed by atoms with E-state index in [1.54, 1.807) is 0 Å². The Labute approximate surface area is 110 Å². The van der Waals surface area contributed by atoms with Gasteiger partial charge in [-0.1, -0.05) is 32.0 Å². The van der Waals surface area contributed by atoms with E-state index in [1.807, 2.05) is 29.2 Å². The molecule has 3 heteroatoms. The van der Waals surface area contributed by atoms with Crippen molar-refractivity contribution >= 4 is 5.91 Å². The zero-order valence-electron chi connectivity index (χ0n) is 11.5. The minimum atomic E-state index is 0.141. The molecular weight excluding hydrogens is 224 g/mol. The summed E-state index contributed by atoms with van der Waals surface area (Å²) in [4.78, 5) is 14.4. The molecule has 0 fully saturated rings. The number of nitrogens with zero attached hydrogens (tertiary/aromatic N) is 1.